The summed E-state index contributed by atoms with van der Waals surface area (Å²) >= 11 is 5.68. The molecule has 0 spiro atoms. The smallest absolute Gasteiger partial charge is 0.185 e. The van der Waals surface area contributed by atoms with Crippen LogP contribution in [0.4, 0.5) is 0 Å². The molecule has 3 aromatic rings. The Kier molecular flexibility index (Phi) is 7.89. The highest BCUT2D eigenvalue weighted by atomic mass is 127. The fourth-order valence-corrected chi connectivity index (χ4v) is 3.74. The van der Waals surface area contributed by atoms with Crippen LogP contribution in [0.25, 0.3) is 6.08 Å². The van der Waals surface area contributed by atoms with Gasteiger partial charge in [0.2, 0.25) is 0 Å². The molecule has 0 N–H and O–H groups in total. The van der Waals surface area contributed by atoms with Crippen LogP contribution in [0.1, 0.15) is 28.4 Å². The van der Waals surface area contributed by atoms with Crippen molar-refractivity contribution in [1.29, 1.82) is 0 Å². The Balaban J connectivity index is 1.79. The molecule has 0 unspecified atom stereocenters. The molecule has 0 aromatic heterocycles. The summed E-state index contributed by atoms with van der Waals surface area (Å²) in [5, 5.41) is 0. The minimum absolute atomic E-state index is 0.0332. The van der Waals surface area contributed by atoms with E-state index in [1.807, 2.05) is 61.5 Å². The lowest BCUT2D eigenvalue weighted by molar-refractivity contribution is 0.104. The van der Waals surface area contributed by atoms with E-state index in [4.69, 9.17) is 9.47 Å². The second kappa shape index (κ2) is 10.6. The first-order valence-corrected chi connectivity index (χ1v) is 11.0. The third-order valence-electron chi connectivity index (χ3n) is 4.11. The van der Waals surface area contributed by atoms with Gasteiger partial charge < -0.3 is 9.47 Å². The fourth-order valence-electron chi connectivity index (χ4n) is 2.69. The first-order valence-electron chi connectivity index (χ1n) is 9.18. The van der Waals surface area contributed by atoms with Crippen molar-refractivity contribution >= 4 is 50.4 Å². The Hall–Kier alpha value is -2.12. The number of ketones is 1. The van der Waals surface area contributed by atoms with Crippen molar-refractivity contribution in [2.75, 3.05) is 6.61 Å². The molecular formula is C24H20BrIO3. The van der Waals surface area contributed by atoms with E-state index in [9.17, 15) is 4.79 Å². The van der Waals surface area contributed by atoms with Crippen LogP contribution < -0.4 is 9.47 Å². The highest BCUT2D eigenvalue weighted by Crippen LogP contribution is 2.35. The predicted octanol–water partition coefficient (Wildman–Crippen LogP) is 6.93. The number of allylic oxidation sites excluding steroid dienone is 1. The summed E-state index contributed by atoms with van der Waals surface area (Å²) in [5.74, 6) is 1.35. The maximum absolute atomic E-state index is 12.3. The molecule has 0 aliphatic carbocycles. The van der Waals surface area contributed by atoms with Gasteiger partial charge in [-0.25, -0.2) is 0 Å². The van der Waals surface area contributed by atoms with Gasteiger partial charge in [0.25, 0.3) is 0 Å². The third-order valence-corrected chi connectivity index (χ3v) is 5.44. The summed E-state index contributed by atoms with van der Waals surface area (Å²) in [6, 6.07) is 21.1. The monoisotopic (exact) mass is 562 g/mol. The van der Waals surface area contributed by atoms with Crippen molar-refractivity contribution in [3.63, 3.8) is 0 Å². The van der Waals surface area contributed by atoms with E-state index >= 15 is 0 Å². The van der Waals surface area contributed by atoms with Gasteiger partial charge >= 0.3 is 0 Å². The molecule has 3 aromatic carbocycles. The van der Waals surface area contributed by atoms with Crippen molar-refractivity contribution in [1.82, 2.24) is 0 Å². The zero-order valence-electron chi connectivity index (χ0n) is 15.9. The highest BCUT2D eigenvalue weighted by Gasteiger charge is 2.12. The lowest BCUT2D eigenvalue weighted by atomic mass is 10.1. The van der Waals surface area contributed by atoms with Gasteiger partial charge in [-0.15, -0.1) is 0 Å². The summed E-state index contributed by atoms with van der Waals surface area (Å²) in [7, 11) is 0. The number of hydrogen-bond acceptors (Lipinski definition) is 3. The average Bonchev–Trinajstić information content (AvgIpc) is 2.73. The van der Waals surface area contributed by atoms with Crippen LogP contribution in [0.5, 0.6) is 11.5 Å². The van der Waals surface area contributed by atoms with Gasteiger partial charge in [-0.1, -0.05) is 64.5 Å². The summed E-state index contributed by atoms with van der Waals surface area (Å²) in [4.78, 5) is 12.3. The van der Waals surface area contributed by atoms with Gasteiger partial charge in [-0.05, 0) is 71.0 Å². The van der Waals surface area contributed by atoms with Gasteiger partial charge in [0.15, 0.2) is 17.3 Å². The van der Waals surface area contributed by atoms with Crippen molar-refractivity contribution in [3.8, 4) is 11.5 Å². The van der Waals surface area contributed by atoms with Crippen molar-refractivity contribution in [2.24, 2.45) is 0 Å². The fraction of sp³-hybridized carbons (Fsp3) is 0.125. The van der Waals surface area contributed by atoms with E-state index in [1.165, 1.54) is 0 Å². The number of ether oxygens (including phenoxy) is 2. The Morgan fingerprint density at radius 1 is 1.03 bits per heavy atom. The Bertz CT molecular complexity index is 999. The molecule has 0 saturated heterocycles. The molecule has 5 heteroatoms. The SMILES string of the molecule is CCOc1cc(/C=C/C(=O)c2ccccc2)cc(I)c1OCc1ccc(Br)cc1. The molecule has 0 bridgehead atoms. The van der Waals surface area contributed by atoms with E-state index in [0.717, 1.165) is 19.2 Å². The molecule has 148 valence electrons. The Morgan fingerprint density at radius 2 is 1.76 bits per heavy atom. The van der Waals surface area contributed by atoms with Crippen LogP contribution in [0.15, 0.2) is 77.3 Å². The molecule has 0 aliphatic heterocycles. The number of hydrogen-bond donors (Lipinski definition) is 0. The van der Waals surface area contributed by atoms with Crippen LogP contribution in [0.3, 0.4) is 0 Å². The number of rotatable bonds is 8. The predicted molar refractivity (Wildman–Crippen MR) is 129 cm³/mol. The summed E-state index contributed by atoms with van der Waals surface area (Å²) < 4.78 is 13.8. The number of benzene rings is 3. The molecule has 0 aliphatic rings. The molecule has 29 heavy (non-hydrogen) atoms. The standard InChI is InChI=1S/C24H20BrIO3/c1-2-28-23-15-18(10-13-22(27)19-6-4-3-5-7-19)14-21(26)24(23)29-16-17-8-11-20(25)12-9-17/h3-15H,2,16H2,1H3/b13-10+. The molecule has 3 rings (SSSR count). The minimum Gasteiger partial charge on any atom is -0.490 e. The average molecular weight is 563 g/mol. The molecule has 3 nitrogen and oxygen atoms in total. The Morgan fingerprint density at radius 3 is 2.45 bits per heavy atom. The van der Waals surface area contributed by atoms with Crippen molar-refractivity contribution in [3.05, 3.63) is 97.5 Å². The van der Waals surface area contributed by atoms with E-state index in [0.29, 0.717) is 30.3 Å². The van der Waals surface area contributed by atoms with E-state index in [1.54, 1.807) is 24.3 Å². The third kappa shape index (κ3) is 6.18. The first kappa shape index (κ1) is 21.6. The van der Waals surface area contributed by atoms with Gasteiger partial charge in [0, 0.05) is 10.0 Å². The largest absolute Gasteiger partial charge is 0.490 e. The van der Waals surface area contributed by atoms with Gasteiger partial charge in [0.1, 0.15) is 6.61 Å². The lowest BCUT2D eigenvalue weighted by Gasteiger charge is -2.15. The molecule has 0 radical (unpaired) electrons. The Labute approximate surface area is 193 Å². The zero-order valence-corrected chi connectivity index (χ0v) is 19.6. The van der Waals surface area contributed by atoms with E-state index < -0.39 is 0 Å². The summed E-state index contributed by atoms with van der Waals surface area (Å²) in [6.45, 7) is 2.92. The maximum atomic E-state index is 12.3. The molecule has 0 amide bonds. The first-order chi connectivity index (χ1) is 14.1. The second-order valence-electron chi connectivity index (χ2n) is 6.24. The van der Waals surface area contributed by atoms with Crippen LogP contribution >= 0.6 is 38.5 Å². The maximum Gasteiger partial charge on any atom is 0.185 e. The normalized spacial score (nSPS) is 10.9. The van der Waals surface area contributed by atoms with Crippen LogP contribution in [-0.4, -0.2) is 12.4 Å². The topological polar surface area (TPSA) is 35.5 Å². The lowest BCUT2D eigenvalue weighted by Crippen LogP contribution is -2.02. The zero-order chi connectivity index (χ0) is 20.6. The van der Waals surface area contributed by atoms with Crippen LogP contribution in [0.2, 0.25) is 0 Å². The molecular weight excluding hydrogens is 543 g/mol. The van der Waals surface area contributed by atoms with Crippen molar-refractivity contribution < 1.29 is 14.3 Å². The molecule has 0 atom stereocenters. The number of carbonyl (C=O) groups excluding carboxylic acids is 1. The minimum atomic E-state index is -0.0332. The van der Waals surface area contributed by atoms with E-state index in [2.05, 4.69) is 38.5 Å². The van der Waals surface area contributed by atoms with E-state index in [-0.39, 0.29) is 5.78 Å². The van der Waals surface area contributed by atoms with Gasteiger partial charge in [-0.2, -0.15) is 0 Å². The number of carbonyl (C=O) groups is 1. The highest BCUT2D eigenvalue weighted by molar-refractivity contribution is 14.1. The second-order valence-corrected chi connectivity index (χ2v) is 8.32. The molecule has 0 saturated carbocycles. The van der Waals surface area contributed by atoms with Crippen LogP contribution in [0, 0.1) is 3.57 Å². The van der Waals surface area contributed by atoms with Crippen molar-refractivity contribution in [2.45, 2.75) is 13.5 Å². The summed E-state index contributed by atoms with van der Waals surface area (Å²) in [6.07, 6.45) is 3.39. The van der Waals surface area contributed by atoms with Crippen LogP contribution in [-0.2, 0) is 6.61 Å². The van der Waals surface area contributed by atoms with Gasteiger partial charge in [0.05, 0.1) is 10.2 Å². The van der Waals surface area contributed by atoms with Gasteiger partial charge in [-0.3, -0.25) is 4.79 Å². The summed E-state index contributed by atoms with van der Waals surface area (Å²) in [5.41, 5.74) is 2.62. The molecule has 0 heterocycles. The number of halogens is 2. The molecule has 0 fully saturated rings. The quantitative estimate of drug-likeness (QED) is 0.170.